The van der Waals surface area contributed by atoms with Crippen molar-refractivity contribution in [2.75, 3.05) is 47.3 Å². The molecular formula is C49H45Cl4N13O13. The Bertz CT molecular complexity index is 3090. The maximum atomic E-state index is 12.3. The van der Waals surface area contributed by atoms with Gasteiger partial charge in [-0.1, -0.05) is 55.1 Å². The molecule has 0 bridgehead atoms. The summed E-state index contributed by atoms with van der Waals surface area (Å²) in [4.78, 5) is 157. The van der Waals surface area contributed by atoms with Crippen LogP contribution in [0.25, 0.3) is 0 Å². The summed E-state index contributed by atoms with van der Waals surface area (Å²) in [6.45, 7) is 3.77. The summed E-state index contributed by atoms with van der Waals surface area (Å²) in [5.41, 5.74) is 9.97. The summed E-state index contributed by atoms with van der Waals surface area (Å²) in [5.74, 6) is -5.09. The van der Waals surface area contributed by atoms with Gasteiger partial charge in [0.05, 0.1) is 44.5 Å². The number of halogens is 4. The molecule has 0 spiro atoms. The van der Waals surface area contributed by atoms with Crippen LogP contribution in [-0.2, 0) is 4.79 Å². The van der Waals surface area contributed by atoms with Crippen LogP contribution in [0, 0.1) is 0 Å². The Kier molecular flexibility index (Phi) is 20.9. The number of hydrazine groups is 4. The fourth-order valence-corrected chi connectivity index (χ4v) is 7.96. The Labute approximate surface area is 468 Å². The number of nitrogens with one attached hydrogen (secondary N) is 4. The maximum absolute atomic E-state index is 12.3. The molecule has 4 aromatic carbocycles. The molecule has 4 aliphatic heterocycles. The molecule has 0 aliphatic carbocycles. The fraction of sp³-hybridized carbons (Fsp3) is 0.184. The van der Waals surface area contributed by atoms with Crippen molar-refractivity contribution in [1.82, 2.24) is 56.4 Å². The average molecular weight is 1170 g/mol. The predicted octanol–water partition coefficient (Wildman–Crippen LogP) is 4.51. The maximum Gasteiger partial charge on any atom is 0.336 e. The molecule has 26 nitrogen and oxygen atoms in total. The van der Waals surface area contributed by atoms with Crippen molar-refractivity contribution in [1.29, 1.82) is 0 Å². The van der Waals surface area contributed by atoms with Gasteiger partial charge in [0.1, 0.15) is 6.54 Å². The second-order valence-electron chi connectivity index (χ2n) is 16.0. The van der Waals surface area contributed by atoms with Crippen molar-refractivity contribution in [3.05, 3.63) is 154 Å². The zero-order chi connectivity index (χ0) is 58.4. The first-order valence-corrected chi connectivity index (χ1v) is 24.3. The lowest BCUT2D eigenvalue weighted by Gasteiger charge is -2.27. The molecule has 0 unspecified atom stereocenters. The van der Waals surface area contributed by atoms with Gasteiger partial charge in [-0.3, -0.25) is 67.3 Å². The first kappa shape index (κ1) is 60.6. The molecule has 0 radical (unpaired) electrons. The van der Waals surface area contributed by atoms with Crippen LogP contribution in [-0.4, -0.2) is 163 Å². The number of nitrogens with two attached hydrogens (primary N) is 1. The zero-order valence-corrected chi connectivity index (χ0v) is 44.7. The number of hydrogen-bond acceptors (Lipinski definition) is 15. The lowest BCUT2D eigenvalue weighted by molar-refractivity contribution is -0.122. The Morgan fingerprint density at radius 1 is 0.519 bits per heavy atom. The van der Waals surface area contributed by atoms with E-state index in [9.17, 15) is 62.3 Å². The average Bonchev–Trinajstić information content (AvgIpc) is 4.05. The first-order chi connectivity index (χ1) is 37.5. The number of imide groups is 4. The van der Waals surface area contributed by atoms with Gasteiger partial charge in [0, 0.05) is 52.9 Å². The number of guanidine groups is 1. The normalized spacial score (nSPS) is 13.6. The lowest BCUT2D eigenvalue weighted by Crippen LogP contribution is -2.51. The second-order valence-corrected chi connectivity index (χ2v) is 17.3. The summed E-state index contributed by atoms with van der Waals surface area (Å²) >= 11 is 21.4. The molecule has 4 aliphatic rings. The number of carbonyl (C=O) groups excluding carboxylic acids is 13. The standard InChI is InChI=1S/C14H16ClN5O3.C14H14ClN3O3.C12H10ClN3O4.C9H5ClN2O3/c1-17-14(16)18-7-4-8-19(13(15)23)20-11(21)9-5-2-3-6-10(9)12(20)22;1-9(16-2)7-8-17(14(15)21)18-12(19)10-5-3-4-6-11(10)13(18)20;1-14-9(17)6-15(12(13)20)16-10(18)7-4-2-3-5-8(7)11(16)19;10-9(15)11-12-7(13)5-3-1-2-4-6(5)8(12)14/h2-3,5-6H,4,7-8H2,1H3,(H3,16,17,18);3-6,16H,1,7-8H2,2H3;2-5H,6H2,1H3,(H,14,17);1-4H,(H,11,15). The Hall–Kier alpha value is -9.24. The number of carbonyl (C=O) groups is 13. The molecule has 0 atom stereocenters. The van der Waals surface area contributed by atoms with Crippen molar-refractivity contribution in [2.24, 2.45) is 10.7 Å². The molecule has 30 heteroatoms. The SMILES string of the molecule is C=C(CCN(C(=O)Cl)N1C(=O)c2ccccc2C1=O)NC.CN=C(N)NCCCN(C(=O)Cl)N1C(=O)c2ccccc2C1=O.CNC(=O)CN(C(=O)Cl)N1C(=O)c2ccccc2C1=O.O=C(Cl)NN1C(=O)c2ccccc2C1=O. The monoisotopic (exact) mass is 1160 g/mol. The first-order valence-electron chi connectivity index (χ1n) is 22.8. The molecule has 79 heavy (non-hydrogen) atoms. The van der Waals surface area contributed by atoms with Crippen molar-refractivity contribution in [3.63, 3.8) is 0 Å². The Morgan fingerprint density at radius 2 is 0.835 bits per heavy atom. The van der Waals surface area contributed by atoms with Gasteiger partial charge >= 0.3 is 21.5 Å². The van der Waals surface area contributed by atoms with E-state index >= 15 is 0 Å². The van der Waals surface area contributed by atoms with E-state index in [0.717, 1.165) is 20.0 Å². The third-order valence-electron chi connectivity index (χ3n) is 11.3. The smallest absolute Gasteiger partial charge is 0.336 e. The van der Waals surface area contributed by atoms with E-state index in [4.69, 9.17) is 52.1 Å². The third kappa shape index (κ3) is 13.8. The Balaban J connectivity index is 0.000000196. The number of rotatable bonds is 14. The van der Waals surface area contributed by atoms with E-state index in [1.54, 1.807) is 67.7 Å². The van der Waals surface area contributed by atoms with E-state index in [0.29, 0.717) is 40.1 Å². The lowest BCUT2D eigenvalue weighted by atomic mass is 10.1. The number of aliphatic imine (C=N–C) groups is 1. The molecule has 4 heterocycles. The number of amides is 13. The molecule has 4 aromatic rings. The number of fused-ring (bicyclic) bond motifs is 4. The van der Waals surface area contributed by atoms with Crippen LogP contribution >= 0.6 is 46.4 Å². The van der Waals surface area contributed by atoms with Gasteiger partial charge in [-0.25, -0.2) is 20.5 Å². The summed E-state index contributed by atoms with van der Waals surface area (Å²) < 4.78 is 0. The van der Waals surface area contributed by atoms with E-state index in [-0.39, 0.29) is 63.6 Å². The predicted molar refractivity (Wildman–Crippen MR) is 283 cm³/mol. The van der Waals surface area contributed by atoms with Crippen LogP contribution in [0.1, 0.15) is 95.7 Å². The number of hydrogen-bond donors (Lipinski definition) is 5. The zero-order valence-electron chi connectivity index (χ0n) is 41.7. The second kappa shape index (κ2) is 27.2. The largest absolute Gasteiger partial charge is 0.392 e. The number of nitrogens with zero attached hydrogens (tertiary/aromatic N) is 8. The van der Waals surface area contributed by atoms with Crippen LogP contribution in [0.3, 0.4) is 0 Å². The van der Waals surface area contributed by atoms with Gasteiger partial charge in [0.2, 0.25) is 5.91 Å². The summed E-state index contributed by atoms with van der Waals surface area (Å²) in [7, 11) is 4.59. The molecule has 6 N–H and O–H groups in total. The highest BCUT2D eigenvalue weighted by Crippen LogP contribution is 2.28. The fourth-order valence-electron chi connectivity index (χ4n) is 7.42. The number of benzene rings is 4. The molecule has 0 saturated heterocycles. The minimum atomic E-state index is -1.09. The third-order valence-corrected chi connectivity index (χ3v) is 12.0. The van der Waals surface area contributed by atoms with Gasteiger partial charge in [-0.2, -0.15) is 20.0 Å². The van der Waals surface area contributed by atoms with Crippen LogP contribution in [0.4, 0.5) is 19.2 Å². The van der Waals surface area contributed by atoms with E-state index in [1.807, 2.05) is 5.43 Å². The van der Waals surface area contributed by atoms with Crippen molar-refractivity contribution in [3.8, 4) is 0 Å². The molecule has 8 rings (SSSR count). The molecule has 0 fully saturated rings. The molecular weight excluding hydrogens is 1120 g/mol. The highest BCUT2D eigenvalue weighted by atomic mass is 35.5. The van der Waals surface area contributed by atoms with Crippen LogP contribution in [0.15, 0.2) is 114 Å². The van der Waals surface area contributed by atoms with E-state index < -0.39 is 81.2 Å². The van der Waals surface area contributed by atoms with Gasteiger partial charge in [-0.05, 0) is 101 Å². The minimum Gasteiger partial charge on any atom is -0.392 e. The summed E-state index contributed by atoms with van der Waals surface area (Å²) in [6, 6.07) is 25.2. The van der Waals surface area contributed by atoms with Crippen molar-refractivity contribution >= 4 is 127 Å². The molecule has 13 amide bonds. The highest BCUT2D eigenvalue weighted by Gasteiger charge is 2.44. The van der Waals surface area contributed by atoms with Crippen molar-refractivity contribution in [2.45, 2.75) is 12.8 Å². The minimum absolute atomic E-state index is 0.0769. The van der Waals surface area contributed by atoms with E-state index in [1.165, 1.54) is 50.5 Å². The number of likely N-dealkylation sites (N-methyl/N-ethyl adjacent to an activating group) is 1. The van der Waals surface area contributed by atoms with Gasteiger partial charge in [0.15, 0.2) is 5.96 Å². The molecule has 412 valence electrons. The van der Waals surface area contributed by atoms with Gasteiger partial charge in [0.25, 0.3) is 47.3 Å². The van der Waals surface area contributed by atoms with E-state index in [2.05, 4.69) is 27.5 Å². The van der Waals surface area contributed by atoms with Crippen LogP contribution in [0.2, 0.25) is 0 Å². The van der Waals surface area contributed by atoms with Crippen molar-refractivity contribution < 1.29 is 62.3 Å². The summed E-state index contributed by atoms with van der Waals surface area (Å²) in [5, 5.41) is 9.23. The molecule has 0 saturated carbocycles. The highest BCUT2D eigenvalue weighted by molar-refractivity contribution is 6.64. The van der Waals surface area contributed by atoms with Crippen LogP contribution in [0.5, 0.6) is 0 Å². The topological polar surface area (TPSA) is 331 Å². The summed E-state index contributed by atoms with van der Waals surface area (Å²) in [6.07, 6.45) is 0.782. The van der Waals surface area contributed by atoms with Crippen LogP contribution < -0.4 is 27.1 Å². The Morgan fingerprint density at radius 3 is 1.13 bits per heavy atom. The molecule has 0 aromatic heterocycles. The quantitative estimate of drug-likeness (QED) is 0.0289. The van der Waals surface area contributed by atoms with Gasteiger partial charge in [-0.15, -0.1) is 0 Å². The van der Waals surface area contributed by atoms with Gasteiger partial charge < -0.3 is 21.7 Å².